The molecule has 3 fully saturated rings. The fourth-order valence-electron chi connectivity index (χ4n) is 5.42. The third-order valence-electron chi connectivity index (χ3n) is 7.57. The Bertz CT molecular complexity index is 1100. The highest BCUT2D eigenvalue weighted by Gasteiger charge is 2.42. The van der Waals surface area contributed by atoms with E-state index in [1.165, 1.54) is 6.08 Å². The lowest BCUT2D eigenvalue weighted by molar-refractivity contribution is -0.138. The summed E-state index contributed by atoms with van der Waals surface area (Å²) < 4.78 is 5.11. The van der Waals surface area contributed by atoms with Crippen molar-refractivity contribution < 1.29 is 14.3 Å². The van der Waals surface area contributed by atoms with Gasteiger partial charge in [0.05, 0.1) is 17.3 Å². The van der Waals surface area contributed by atoms with Gasteiger partial charge in [0.1, 0.15) is 18.5 Å². The van der Waals surface area contributed by atoms with Crippen molar-refractivity contribution in [2.75, 3.05) is 51.3 Å². The second-order valence-corrected chi connectivity index (χ2v) is 10.0. The normalized spacial score (nSPS) is 22.5. The topological polar surface area (TPSA) is 89.8 Å². The van der Waals surface area contributed by atoms with Crippen LogP contribution in [0.5, 0.6) is 0 Å². The first-order valence-corrected chi connectivity index (χ1v) is 12.6. The number of hydrogen-bond acceptors (Lipinski definition) is 6. The molecule has 0 aromatic carbocycles. The van der Waals surface area contributed by atoms with Crippen molar-refractivity contribution >= 4 is 23.2 Å². The molecule has 3 heterocycles. The van der Waals surface area contributed by atoms with Crippen molar-refractivity contribution in [3.63, 3.8) is 0 Å². The third kappa shape index (κ3) is 4.83. The van der Waals surface area contributed by atoms with Gasteiger partial charge < -0.3 is 19.4 Å². The first-order chi connectivity index (χ1) is 17.0. The Morgan fingerprint density at radius 3 is 2.71 bits per heavy atom. The maximum Gasteiger partial charge on any atom is 0.248 e. The first kappa shape index (κ1) is 23.6. The van der Waals surface area contributed by atoms with Crippen molar-refractivity contribution in [3.8, 4) is 6.07 Å². The molecule has 8 heteroatoms. The number of aromatic nitrogens is 1. The molecule has 2 amide bonds. The number of anilines is 1. The van der Waals surface area contributed by atoms with E-state index in [9.17, 15) is 14.9 Å². The van der Waals surface area contributed by atoms with Crippen LogP contribution in [0, 0.1) is 17.2 Å². The molecule has 2 saturated carbocycles. The van der Waals surface area contributed by atoms with E-state index in [-0.39, 0.29) is 24.5 Å². The number of pyridine rings is 1. The van der Waals surface area contributed by atoms with Crippen LogP contribution < -0.4 is 4.90 Å². The highest BCUT2D eigenvalue weighted by Crippen LogP contribution is 2.45. The molecule has 0 spiro atoms. The average Bonchev–Trinajstić information content (AvgIpc) is 3.80. The Balaban J connectivity index is 1.45. The number of hydrogen-bond donors (Lipinski definition) is 0. The Kier molecular flexibility index (Phi) is 6.61. The van der Waals surface area contributed by atoms with E-state index >= 15 is 0 Å². The third-order valence-corrected chi connectivity index (χ3v) is 7.57. The molecular formula is C27H33N5O3. The summed E-state index contributed by atoms with van der Waals surface area (Å²) in [5.74, 6) is 1.60. The minimum absolute atomic E-state index is 0.0365. The Labute approximate surface area is 206 Å². The van der Waals surface area contributed by atoms with E-state index in [0.29, 0.717) is 50.1 Å². The molecule has 2 aliphatic carbocycles. The lowest BCUT2D eigenvalue weighted by Gasteiger charge is -2.42. The van der Waals surface area contributed by atoms with E-state index in [1.54, 1.807) is 12.0 Å². The first-order valence-electron chi connectivity index (χ1n) is 12.6. The lowest BCUT2D eigenvalue weighted by Crippen LogP contribution is -2.57. The smallest absolute Gasteiger partial charge is 0.248 e. The Morgan fingerprint density at radius 1 is 1.26 bits per heavy atom. The molecule has 8 nitrogen and oxygen atoms in total. The summed E-state index contributed by atoms with van der Waals surface area (Å²) in [7, 11) is 1.55. The fraction of sp³-hybridized carbons (Fsp3) is 0.556. The predicted octanol–water partition coefficient (Wildman–Crippen LogP) is 2.71. The van der Waals surface area contributed by atoms with Crippen LogP contribution in [0.1, 0.15) is 54.8 Å². The van der Waals surface area contributed by atoms with Crippen LogP contribution in [0.2, 0.25) is 0 Å². The Hall–Kier alpha value is -3.18. The van der Waals surface area contributed by atoms with Crippen molar-refractivity contribution in [1.82, 2.24) is 14.8 Å². The zero-order valence-corrected chi connectivity index (χ0v) is 20.4. The standard InChI is InChI=1S/C27H33N5O3/c1-3-24(33)30-10-4-5-20(15-30)22-13-21(14-28)27(29-26(22)19-8-9-19)31-11-12-32(25(34)17-35-2)23(16-31)18-6-7-18/h3,5,13,18-19,23H,1,4,6-12,15-17H2,2H3. The molecule has 1 unspecified atom stereocenters. The second-order valence-electron chi connectivity index (χ2n) is 10.0. The molecule has 1 saturated heterocycles. The monoisotopic (exact) mass is 475 g/mol. The number of ether oxygens (including phenoxy) is 1. The van der Waals surface area contributed by atoms with Gasteiger partial charge >= 0.3 is 0 Å². The zero-order valence-electron chi connectivity index (χ0n) is 20.4. The highest BCUT2D eigenvalue weighted by atomic mass is 16.5. The van der Waals surface area contributed by atoms with Crippen LogP contribution in [0.4, 0.5) is 5.82 Å². The average molecular weight is 476 g/mol. The summed E-state index contributed by atoms with van der Waals surface area (Å²) in [6.07, 6.45) is 8.78. The fourth-order valence-corrected chi connectivity index (χ4v) is 5.42. The molecule has 184 valence electrons. The molecule has 1 aromatic heterocycles. The molecule has 4 aliphatic rings. The summed E-state index contributed by atoms with van der Waals surface area (Å²) >= 11 is 0. The molecule has 5 rings (SSSR count). The SMILES string of the molecule is C=CC(=O)N1CCC=C(c2cc(C#N)c(N3CCN(C(=O)COC)C(C4CC4)C3)nc2C2CC2)C1. The number of piperazine rings is 1. The number of carbonyl (C=O) groups is 2. The van der Waals surface area contributed by atoms with Crippen molar-refractivity contribution in [2.45, 2.75) is 44.1 Å². The van der Waals surface area contributed by atoms with E-state index in [0.717, 1.165) is 54.8 Å². The maximum absolute atomic E-state index is 12.6. The molecule has 2 aliphatic heterocycles. The summed E-state index contributed by atoms with van der Waals surface area (Å²) in [6.45, 7) is 6.87. The minimum Gasteiger partial charge on any atom is -0.375 e. The van der Waals surface area contributed by atoms with Gasteiger partial charge in [0.2, 0.25) is 11.8 Å². The number of amides is 2. The van der Waals surface area contributed by atoms with Crippen molar-refractivity contribution in [1.29, 1.82) is 5.26 Å². The number of nitrogens with zero attached hydrogens (tertiary/aromatic N) is 5. The summed E-state index contributed by atoms with van der Waals surface area (Å²) in [5.41, 5.74) is 3.67. The van der Waals surface area contributed by atoms with Crippen LogP contribution in [-0.2, 0) is 14.3 Å². The van der Waals surface area contributed by atoms with Gasteiger partial charge in [0.25, 0.3) is 0 Å². The van der Waals surface area contributed by atoms with Crippen molar-refractivity contribution in [3.05, 3.63) is 41.6 Å². The Morgan fingerprint density at radius 2 is 2.06 bits per heavy atom. The summed E-state index contributed by atoms with van der Waals surface area (Å²) in [4.78, 5) is 36.0. The summed E-state index contributed by atoms with van der Waals surface area (Å²) in [6, 6.07) is 4.50. The van der Waals surface area contributed by atoms with Gasteiger partial charge in [-0.1, -0.05) is 12.7 Å². The van der Waals surface area contributed by atoms with E-state index in [1.807, 2.05) is 11.0 Å². The molecule has 0 bridgehead atoms. The minimum atomic E-state index is -0.0688. The number of rotatable bonds is 7. The van der Waals surface area contributed by atoms with Crippen molar-refractivity contribution in [2.24, 2.45) is 5.92 Å². The highest BCUT2D eigenvalue weighted by molar-refractivity contribution is 5.89. The molecule has 0 radical (unpaired) electrons. The van der Waals surface area contributed by atoms with Crippen LogP contribution in [0.25, 0.3) is 5.57 Å². The molecule has 0 N–H and O–H groups in total. The molecule has 1 atom stereocenters. The van der Waals surface area contributed by atoms with Gasteiger partial charge in [-0.05, 0) is 55.7 Å². The van der Waals surface area contributed by atoms with Crippen LogP contribution in [-0.4, -0.2) is 79.1 Å². The van der Waals surface area contributed by atoms with Gasteiger partial charge in [-0.15, -0.1) is 0 Å². The van der Waals surface area contributed by atoms with Gasteiger partial charge in [-0.3, -0.25) is 9.59 Å². The van der Waals surface area contributed by atoms with Gasteiger partial charge in [-0.2, -0.15) is 5.26 Å². The number of carbonyl (C=O) groups excluding carboxylic acids is 2. The molecule has 35 heavy (non-hydrogen) atoms. The largest absolute Gasteiger partial charge is 0.375 e. The number of methoxy groups -OCH3 is 1. The van der Waals surface area contributed by atoms with Crippen LogP contribution >= 0.6 is 0 Å². The second kappa shape index (κ2) is 9.82. The van der Waals surface area contributed by atoms with Crippen LogP contribution in [0.3, 0.4) is 0 Å². The van der Waals surface area contributed by atoms with E-state index in [2.05, 4.69) is 23.6 Å². The quantitative estimate of drug-likeness (QED) is 0.564. The van der Waals surface area contributed by atoms with Gasteiger partial charge in [0.15, 0.2) is 0 Å². The lowest BCUT2D eigenvalue weighted by atomic mass is 9.95. The van der Waals surface area contributed by atoms with Crippen LogP contribution in [0.15, 0.2) is 24.8 Å². The zero-order chi connectivity index (χ0) is 24.5. The van der Waals surface area contributed by atoms with E-state index < -0.39 is 0 Å². The maximum atomic E-state index is 12.6. The predicted molar refractivity (Wildman–Crippen MR) is 133 cm³/mol. The number of nitriles is 1. The van der Waals surface area contributed by atoms with Gasteiger partial charge in [0, 0.05) is 51.3 Å². The molecule has 1 aromatic rings. The molecular weight excluding hydrogens is 442 g/mol. The van der Waals surface area contributed by atoms with E-state index in [4.69, 9.17) is 9.72 Å². The van der Waals surface area contributed by atoms with Gasteiger partial charge in [-0.25, -0.2) is 4.98 Å². The summed E-state index contributed by atoms with van der Waals surface area (Å²) in [5, 5.41) is 10.1.